The Labute approximate surface area is 558 Å². The van der Waals surface area contributed by atoms with Crippen molar-refractivity contribution in [2.45, 2.75) is 170 Å². The van der Waals surface area contributed by atoms with Gasteiger partial charge in [0.1, 0.15) is 11.2 Å². The molecule has 6 aromatic heterocycles. The number of carbonyl (C=O) groups is 4. The lowest BCUT2D eigenvalue weighted by Gasteiger charge is -2.34. The Balaban J connectivity index is 0.000000199. The second-order valence-electron chi connectivity index (χ2n) is 27.1. The molecule has 2 atom stereocenters. The normalized spacial score (nSPS) is 15.3. The quantitative estimate of drug-likeness (QED) is 0.0672. The van der Waals surface area contributed by atoms with Gasteiger partial charge >= 0.3 is 12.2 Å². The second kappa shape index (κ2) is 30.8. The fourth-order valence-corrected chi connectivity index (χ4v) is 11.8. The van der Waals surface area contributed by atoms with E-state index in [-0.39, 0.29) is 52.1 Å². The number of hydrogen-bond acceptors (Lipinski definition) is 20. The number of morpholine rings is 2. The number of ether oxygens (including phenoxy) is 4. The molecule has 8 aromatic rings. The molecule has 0 unspecified atom stereocenters. The molecule has 3 N–H and O–H groups in total. The van der Waals surface area contributed by atoms with Crippen LogP contribution in [0.15, 0.2) is 98.1 Å². The van der Waals surface area contributed by atoms with Crippen molar-refractivity contribution in [2.75, 3.05) is 50.4 Å². The Hall–Kier alpha value is -8.03. The van der Waals surface area contributed by atoms with Crippen LogP contribution in [0.1, 0.15) is 148 Å². The van der Waals surface area contributed by atoms with E-state index in [4.69, 9.17) is 41.3 Å². The lowest BCUT2D eigenvalue weighted by atomic mass is 9.98. The molecule has 2 aliphatic heterocycles. The Morgan fingerprint density at radius 1 is 0.613 bits per heavy atom. The Morgan fingerprint density at radius 3 is 1.51 bits per heavy atom. The third-order valence-electron chi connectivity index (χ3n) is 14.6. The molecule has 0 radical (unpaired) electrons. The molecule has 22 nitrogen and oxygen atoms in total. The van der Waals surface area contributed by atoms with Gasteiger partial charge in [-0.25, -0.2) is 39.5 Å². The maximum absolute atomic E-state index is 12.8. The highest BCUT2D eigenvalue weighted by Gasteiger charge is 2.31. The van der Waals surface area contributed by atoms with E-state index in [1.807, 2.05) is 72.0 Å². The number of carbonyl (C=O) groups excluding carboxylic acids is 4. The van der Waals surface area contributed by atoms with Gasteiger partial charge in [-0.05, 0) is 126 Å². The minimum absolute atomic E-state index is 0.0283. The minimum atomic E-state index is -0.545. The van der Waals surface area contributed by atoms with Crippen molar-refractivity contribution < 1.29 is 38.1 Å². The van der Waals surface area contributed by atoms with Crippen molar-refractivity contribution in [1.82, 2.24) is 59.3 Å². The molecule has 2 saturated heterocycles. The lowest BCUT2D eigenvalue weighted by Crippen LogP contribution is -2.48. The zero-order valence-corrected chi connectivity index (χ0v) is 58.2. The van der Waals surface area contributed by atoms with Crippen molar-refractivity contribution in [1.29, 1.82) is 0 Å². The van der Waals surface area contributed by atoms with Crippen LogP contribution in [0.5, 0.6) is 0 Å². The van der Waals surface area contributed by atoms with E-state index in [1.54, 1.807) is 62.5 Å². The lowest BCUT2D eigenvalue weighted by molar-refractivity contribution is -0.0484. The predicted molar refractivity (Wildman–Crippen MR) is 364 cm³/mol. The fraction of sp³-hybridized carbons (Fsp3) is 0.471. The Bertz CT molecular complexity index is 3850. The molecule has 8 heterocycles. The number of rotatable bonds is 16. The molecular weight excluding hydrogens is 1240 g/mol. The number of nitrogens with zero attached hydrogens (tertiary/aromatic N) is 12. The molecule has 93 heavy (non-hydrogen) atoms. The van der Waals surface area contributed by atoms with E-state index >= 15 is 0 Å². The first-order valence-corrected chi connectivity index (χ1v) is 33.1. The molecule has 2 aliphatic rings. The molecule has 0 saturated carbocycles. The summed E-state index contributed by atoms with van der Waals surface area (Å²) in [5.74, 6) is 0.725. The zero-order valence-electron chi connectivity index (χ0n) is 55.8. The van der Waals surface area contributed by atoms with Crippen molar-refractivity contribution in [3.8, 4) is 22.5 Å². The number of hydrogen-bond donors (Lipinski definition) is 2. The number of amides is 2. The predicted octanol–water partition coefficient (Wildman–Crippen LogP) is 13.4. The highest BCUT2D eigenvalue weighted by Crippen LogP contribution is 2.31. The summed E-state index contributed by atoms with van der Waals surface area (Å²) in [6.07, 6.45) is 15.1. The summed E-state index contributed by atoms with van der Waals surface area (Å²) >= 11 is 8.87. The SMILES string of the molecule is CC(C)(C)OC(=O)N1CCO[C@H](Cn2cc(N)cn2)C1.Cc1cc(-c2ccnc(Cl)n2)ccc1CCC(=O)c1cnc(C(C)(C)C)s1.Cc1cc(-c2ccnc(Nc3cnn(C[C@@H]4CN(C(=O)OC(C)(C)C)CCO4)c3)n2)ccc1CCC(=O)c1cnc(C(C)(C)C)s1. The van der Waals surface area contributed by atoms with Crippen LogP contribution in [-0.2, 0) is 55.7 Å². The summed E-state index contributed by atoms with van der Waals surface area (Å²) in [5.41, 5.74) is 13.9. The summed E-state index contributed by atoms with van der Waals surface area (Å²) < 4.78 is 25.9. The van der Waals surface area contributed by atoms with Gasteiger partial charge in [0.2, 0.25) is 11.2 Å². The number of nitrogens with one attached hydrogen (secondary N) is 1. The van der Waals surface area contributed by atoms with E-state index in [9.17, 15) is 19.2 Å². The zero-order chi connectivity index (χ0) is 67.4. The fourth-order valence-electron chi connectivity index (χ4n) is 9.79. The van der Waals surface area contributed by atoms with E-state index in [2.05, 4.69) is 120 Å². The van der Waals surface area contributed by atoms with Crippen LogP contribution in [-0.4, -0.2) is 146 Å². The number of benzene rings is 2. The molecule has 0 spiro atoms. The third-order valence-corrected chi connectivity index (χ3v) is 17.7. The van der Waals surface area contributed by atoms with Gasteiger partial charge in [0.05, 0.1) is 107 Å². The number of aromatic nitrogens is 10. The summed E-state index contributed by atoms with van der Waals surface area (Å²) in [7, 11) is 0. The highest BCUT2D eigenvalue weighted by atomic mass is 35.5. The van der Waals surface area contributed by atoms with Crippen molar-refractivity contribution in [3.63, 3.8) is 0 Å². The number of nitrogen functional groups attached to an aromatic ring is 1. The number of nitrogens with two attached hydrogens (primary N) is 1. The summed E-state index contributed by atoms with van der Waals surface area (Å²) in [4.78, 5) is 80.9. The molecule has 25 heteroatoms. The number of ketones is 2. The molecule has 2 aromatic carbocycles. The molecule has 2 fully saturated rings. The number of thiazole rings is 2. The van der Waals surface area contributed by atoms with E-state index in [0.717, 1.165) is 70.2 Å². The van der Waals surface area contributed by atoms with Gasteiger partial charge in [0.15, 0.2) is 11.6 Å². The first kappa shape index (κ1) is 70.8. The van der Waals surface area contributed by atoms with E-state index in [0.29, 0.717) is 89.8 Å². The van der Waals surface area contributed by atoms with Crippen LogP contribution in [0.4, 0.5) is 26.9 Å². The summed E-state index contributed by atoms with van der Waals surface area (Å²) in [6.45, 7) is 31.9. The second-order valence-corrected chi connectivity index (χ2v) is 29.5. The average molecular weight is 1330 g/mol. The molecular formula is C68H87ClN14O8S2. The van der Waals surface area contributed by atoms with Crippen LogP contribution in [0.2, 0.25) is 5.28 Å². The monoisotopic (exact) mass is 1330 g/mol. The topological polar surface area (TPSA) is 263 Å². The molecule has 10 rings (SSSR count). The maximum atomic E-state index is 12.8. The third kappa shape index (κ3) is 21.5. The van der Waals surface area contributed by atoms with Crippen molar-refractivity contribution >= 4 is 75.4 Å². The summed E-state index contributed by atoms with van der Waals surface area (Å²) in [5, 5.41) is 14.0. The molecule has 2 amide bonds. The Kier molecular flexibility index (Phi) is 23.5. The number of Topliss-reactive ketones (excluding diaryl/α,β-unsaturated/α-hetero) is 2. The van der Waals surface area contributed by atoms with Gasteiger partial charge in [-0.2, -0.15) is 10.2 Å². The first-order chi connectivity index (χ1) is 43.8. The van der Waals surface area contributed by atoms with Gasteiger partial charge in [-0.15, -0.1) is 22.7 Å². The number of halogens is 1. The highest BCUT2D eigenvalue weighted by molar-refractivity contribution is 7.14. The van der Waals surface area contributed by atoms with Gasteiger partial charge in [-0.1, -0.05) is 65.8 Å². The summed E-state index contributed by atoms with van der Waals surface area (Å²) in [6, 6.07) is 16.0. The molecule has 0 aliphatic carbocycles. The van der Waals surface area contributed by atoms with E-state index in [1.165, 1.54) is 22.7 Å². The molecule has 496 valence electrons. The standard InChI is InChI=1S/C34H43N7O4S.C21H22ClN3OS.C13H22N4O3/c1-22-16-24(9-8-23(22)10-11-28(42)29-18-36-30(46-29)33(2,3)4)27-12-13-35-31(39-27)38-25-17-37-41(19-25)21-26-20-40(14-15-44-26)32(43)45-34(5,6)7;1-13-11-15(16-9-10-23-20(22)25-16)6-5-14(13)7-8-17(26)18-12-24-19(27-18)21(2,3)4;1-13(2,3)20-12(18)16-4-5-19-11(8-16)9-17-7-10(14)6-15-17/h8-9,12-13,16-19,26H,10-11,14-15,20-21H2,1-7H3,(H,35,38,39);5-6,9-12H,7-8H2,1-4H3;6-7,11H,4-5,8-9,14H2,1-3H3/t26-;;11-/m0.0/s1. The van der Waals surface area contributed by atoms with Gasteiger partial charge in [-0.3, -0.25) is 19.0 Å². The Morgan fingerprint density at radius 2 is 1.08 bits per heavy atom. The first-order valence-electron chi connectivity index (χ1n) is 31.1. The van der Waals surface area contributed by atoms with Crippen LogP contribution >= 0.6 is 34.3 Å². The smallest absolute Gasteiger partial charge is 0.410 e. The van der Waals surface area contributed by atoms with Gasteiger partial charge in [0.25, 0.3) is 0 Å². The largest absolute Gasteiger partial charge is 0.444 e. The number of aryl methyl sites for hydroxylation is 4. The minimum Gasteiger partial charge on any atom is -0.444 e. The van der Waals surface area contributed by atoms with Crippen molar-refractivity contribution in [3.05, 3.63) is 145 Å². The van der Waals surface area contributed by atoms with Crippen molar-refractivity contribution in [2.24, 2.45) is 0 Å². The van der Waals surface area contributed by atoms with Crippen LogP contribution in [0.3, 0.4) is 0 Å². The van der Waals surface area contributed by atoms with Crippen LogP contribution in [0, 0.1) is 13.8 Å². The van der Waals surface area contributed by atoms with E-state index < -0.39 is 11.2 Å². The van der Waals surface area contributed by atoms with Crippen LogP contribution < -0.4 is 11.1 Å². The van der Waals surface area contributed by atoms with Crippen LogP contribution in [0.25, 0.3) is 22.5 Å². The van der Waals surface area contributed by atoms with Gasteiger partial charge < -0.3 is 39.8 Å². The average Bonchev–Trinajstić information content (AvgIpc) is 1.98. The number of anilines is 3. The molecule has 0 bridgehead atoms. The van der Waals surface area contributed by atoms with Gasteiger partial charge in [0, 0.05) is 85.1 Å². The maximum Gasteiger partial charge on any atom is 0.410 e.